The smallest absolute Gasteiger partial charge is 0.305 e. The summed E-state index contributed by atoms with van der Waals surface area (Å²) < 4.78 is 4.95. The molecule has 0 radical (unpaired) electrons. The Balaban J connectivity index is 1.76. The van der Waals surface area contributed by atoms with Crippen molar-refractivity contribution in [2.75, 3.05) is 44.2 Å². The standard InChI is InChI=1S/C17H25ClN2O2/c1-3-22-17(21)5-4-8-19-9-11-20(12-10-19)16-13-15(18)7-6-14(16)2/h6-7,13H,3-5,8-12H2,1-2H3. The van der Waals surface area contributed by atoms with Gasteiger partial charge in [-0.2, -0.15) is 0 Å². The molecule has 1 aromatic rings. The molecule has 0 saturated carbocycles. The van der Waals surface area contributed by atoms with E-state index in [1.807, 2.05) is 19.1 Å². The quantitative estimate of drug-likeness (QED) is 0.753. The summed E-state index contributed by atoms with van der Waals surface area (Å²) in [5.74, 6) is -0.0873. The lowest BCUT2D eigenvalue weighted by Gasteiger charge is -2.36. The summed E-state index contributed by atoms with van der Waals surface area (Å²) in [5.41, 5.74) is 2.50. The predicted molar refractivity (Wildman–Crippen MR) is 90.7 cm³/mol. The molecule has 1 aliphatic heterocycles. The van der Waals surface area contributed by atoms with Crippen molar-refractivity contribution in [1.29, 1.82) is 0 Å². The Kier molecular flexibility index (Phi) is 6.52. The number of anilines is 1. The van der Waals surface area contributed by atoms with Gasteiger partial charge in [-0.05, 0) is 44.5 Å². The average Bonchev–Trinajstić information content (AvgIpc) is 2.51. The van der Waals surface area contributed by atoms with E-state index in [1.165, 1.54) is 11.3 Å². The van der Waals surface area contributed by atoms with Crippen molar-refractivity contribution >= 4 is 23.3 Å². The molecule has 0 aliphatic carbocycles. The summed E-state index contributed by atoms with van der Waals surface area (Å²) in [5, 5.41) is 0.789. The first-order valence-electron chi connectivity index (χ1n) is 7.99. The van der Waals surface area contributed by atoms with Gasteiger partial charge < -0.3 is 9.64 Å². The van der Waals surface area contributed by atoms with Crippen LogP contribution in [0.4, 0.5) is 5.69 Å². The molecule has 1 aliphatic rings. The molecule has 0 unspecified atom stereocenters. The molecule has 0 aromatic heterocycles. The summed E-state index contributed by atoms with van der Waals surface area (Å²) >= 11 is 6.11. The molecule has 1 aromatic carbocycles. The fourth-order valence-electron chi connectivity index (χ4n) is 2.82. The average molecular weight is 325 g/mol. The molecule has 2 rings (SSSR count). The molecule has 5 heteroatoms. The Bertz CT molecular complexity index is 499. The van der Waals surface area contributed by atoms with E-state index in [0.29, 0.717) is 13.0 Å². The van der Waals surface area contributed by atoms with Gasteiger partial charge in [-0.1, -0.05) is 17.7 Å². The molecule has 0 amide bonds. The van der Waals surface area contributed by atoms with E-state index in [0.717, 1.165) is 44.2 Å². The molecular weight excluding hydrogens is 300 g/mol. The fourth-order valence-corrected chi connectivity index (χ4v) is 2.98. The topological polar surface area (TPSA) is 32.8 Å². The number of piperazine rings is 1. The number of nitrogens with zero attached hydrogens (tertiary/aromatic N) is 2. The van der Waals surface area contributed by atoms with Gasteiger partial charge in [0.15, 0.2) is 0 Å². The molecule has 0 N–H and O–H groups in total. The minimum atomic E-state index is -0.0873. The van der Waals surface area contributed by atoms with Crippen molar-refractivity contribution in [2.24, 2.45) is 0 Å². The van der Waals surface area contributed by atoms with Gasteiger partial charge in [-0.25, -0.2) is 0 Å². The van der Waals surface area contributed by atoms with Gasteiger partial charge in [0.2, 0.25) is 0 Å². The van der Waals surface area contributed by atoms with Crippen LogP contribution in [0.5, 0.6) is 0 Å². The van der Waals surface area contributed by atoms with Gasteiger partial charge in [0.1, 0.15) is 0 Å². The fraction of sp³-hybridized carbons (Fsp3) is 0.588. The second-order valence-corrected chi connectivity index (χ2v) is 6.10. The first-order chi connectivity index (χ1) is 10.6. The van der Waals surface area contributed by atoms with E-state index in [4.69, 9.17) is 16.3 Å². The van der Waals surface area contributed by atoms with Crippen LogP contribution in [-0.4, -0.2) is 50.2 Å². The second kappa shape index (κ2) is 8.39. The number of esters is 1. The van der Waals surface area contributed by atoms with Crippen LogP contribution in [0.2, 0.25) is 5.02 Å². The van der Waals surface area contributed by atoms with Crippen LogP contribution in [-0.2, 0) is 9.53 Å². The number of carbonyl (C=O) groups excluding carboxylic acids is 1. The van der Waals surface area contributed by atoms with Crippen LogP contribution in [0.3, 0.4) is 0 Å². The van der Waals surface area contributed by atoms with Crippen molar-refractivity contribution in [2.45, 2.75) is 26.7 Å². The van der Waals surface area contributed by atoms with Crippen molar-refractivity contribution in [3.8, 4) is 0 Å². The summed E-state index contributed by atoms with van der Waals surface area (Å²) in [6, 6.07) is 6.06. The van der Waals surface area contributed by atoms with E-state index < -0.39 is 0 Å². The van der Waals surface area contributed by atoms with Crippen molar-refractivity contribution in [1.82, 2.24) is 4.90 Å². The summed E-state index contributed by atoms with van der Waals surface area (Å²) in [4.78, 5) is 16.1. The zero-order chi connectivity index (χ0) is 15.9. The van der Waals surface area contributed by atoms with E-state index >= 15 is 0 Å². The highest BCUT2D eigenvalue weighted by molar-refractivity contribution is 6.30. The third-order valence-corrected chi connectivity index (χ3v) is 4.28. The number of carbonyl (C=O) groups is 1. The van der Waals surface area contributed by atoms with Gasteiger partial charge in [-0.3, -0.25) is 9.69 Å². The number of rotatable bonds is 6. The lowest BCUT2D eigenvalue weighted by atomic mass is 10.1. The van der Waals surface area contributed by atoms with Crippen LogP contribution < -0.4 is 4.90 Å². The highest BCUT2D eigenvalue weighted by atomic mass is 35.5. The number of hydrogen-bond acceptors (Lipinski definition) is 4. The first-order valence-corrected chi connectivity index (χ1v) is 8.37. The van der Waals surface area contributed by atoms with Crippen LogP contribution in [0.25, 0.3) is 0 Å². The first kappa shape index (κ1) is 17.1. The molecule has 0 atom stereocenters. The Morgan fingerprint density at radius 3 is 2.68 bits per heavy atom. The molecule has 122 valence electrons. The monoisotopic (exact) mass is 324 g/mol. The van der Waals surface area contributed by atoms with Gasteiger partial charge in [0.25, 0.3) is 0 Å². The Morgan fingerprint density at radius 2 is 2.00 bits per heavy atom. The maximum Gasteiger partial charge on any atom is 0.305 e. The predicted octanol–water partition coefficient (Wildman–Crippen LogP) is 3.11. The number of ether oxygens (including phenoxy) is 1. The van der Waals surface area contributed by atoms with Crippen molar-refractivity contribution in [3.05, 3.63) is 28.8 Å². The third-order valence-electron chi connectivity index (χ3n) is 4.04. The maximum absolute atomic E-state index is 11.3. The van der Waals surface area contributed by atoms with Gasteiger partial charge in [0.05, 0.1) is 6.61 Å². The SMILES string of the molecule is CCOC(=O)CCCN1CCN(c2cc(Cl)ccc2C)CC1. The molecule has 1 saturated heterocycles. The lowest BCUT2D eigenvalue weighted by molar-refractivity contribution is -0.143. The highest BCUT2D eigenvalue weighted by Gasteiger charge is 2.18. The normalized spacial score (nSPS) is 15.9. The summed E-state index contributed by atoms with van der Waals surface area (Å²) in [6.45, 7) is 9.44. The number of aryl methyl sites for hydroxylation is 1. The van der Waals surface area contributed by atoms with E-state index in [9.17, 15) is 4.79 Å². The second-order valence-electron chi connectivity index (χ2n) is 5.67. The van der Waals surface area contributed by atoms with Crippen LogP contribution in [0.15, 0.2) is 18.2 Å². The van der Waals surface area contributed by atoms with Crippen LogP contribution in [0, 0.1) is 6.92 Å². The van der Waals surface area contributed by atoms with Gasteiger partial charge in [-0.15, -0.1) is 0 Å². The van der Waals surface area contributed by atoms with E-state index in [-0.39, 0.29) is 5.97 Å². The highest BCUT2D eigenvalue weighted by Crippen LogP contribution is 2.25. The summed E-state index contributed by atoms with van der Waals surface area (Å²) in [6.07, 6.45) is 1.39. The maximum atomic E-state index is 11.3. The molecular formula is C17H25ClN2O2. The largest absolute Gasteiger partial charge is 0.466 e. The van der Waals surface area contributed by atoms with Crippen molar-refractivity contribution < 1.29 is 9.53 Å². The Labute approximate surface area is 138 Å². The summed E-state index contributed by atoms with van der Waals surface area (Å²) in [7, 11) is 0. The van der Waals surface area contributed by atoms with E-state index in [1.54, 1.807) is 0 Å². The van der Waals surface area contributed by atoms with Crippen molar-refractivity contribution in [3.63, 3.8) is 0 Å². The molecule has 0 spiro atoms. The van der Waals surface area contributed by atoms with Gasteiger partial charge >= 0.3 is 5.97 Å². The Hall–Kier alpha value is -1.26. The third kappa shape index (κ3) is 4.89. The Morgan fingerprint density at radius 1 is 1.27 bits per heavy atom. The zero-order valence-corrected chi connectivity index (χ0v) is 14.2. The molecule has 1 heterocycles. The molecule has 4 nitrogen and oxygen atoms in total. The van der Waals surface area contributed by atoms with Crippen LogP contribution in [0.1, 0.15) is 25.3 Å². The molecule has 1 fully saturated rings. The minimum Gasteiger partial charge on any atom is -0.466 e. The van der Waals surface area contributed by atoms with Gasteiger partial charge in [0, 0.05) is 43.3 Å². The molecule has 22 heavy (non-hydrogen) atoms. The van der Waals surface area contributed by atoms with E-state index in [2.05, 4.69) is 22.8 Å². The molecule has 0 bridgehead atoms. The minimum absolute atomic E-state index is 0.0873. The number of halogens is 1. The number of hydrogen-bond donors (Lipinski definition) is 0. The van der Waals surface area contributed by atoms with Crippen LogP contribution >= 0.6 is 11.6 Å². The lowest BCUT2D eigenvalue weighted by Crippen LogP contribution is -2.46. The zero-order valence-electron chi connectivity index (χ0n) is 13.5. The number of benzene rings is 1.